The van der Waals surface area contributed by atoms with Crippen molar-refractivity contribution in [1.82, 2.24) is 5.43 Å². The highest BCUT2D eigenvalue weighted by atomic mass is 16.5. The zero-order valence-electron chi connectivity index (χ0n) is 13.3. The van der Waals surface area contributed by atoms with Gasteiger partial charge in [0.15, 0.2) is 18.1 Å². The van der Waals surface area contributed by atoms with Crippen LogP contribution in [0.3, 0.4) is 0 Å². The summed E-state index contributed by atoms with van der Waals surface area (Å²) in [6, 6.07) is 14.8. The Hall–Kier alpha value is -3.02. The van der Waals surface area contributed by atoms with Crippen molar-refractivity contribution in [1.29, 1.82) is 0 Å². The number of para-hydroxylation sites is 3. The number of hydrazone groups is 1. The second kappa shape index (κ2) is 7.50. The monoisotopic (exact) mass is 326 g/mol. The highest BCUT2D eigenvalue weighted by Gasteiger charge is 2.16. The van der Waals surface area contributed by atoms with E-state index in [4.69, 9.17) is 14.2 Å². The Labute approximate surface area is 140 Å². The SMILES string of the molecule is COc1ccccc1OCC(=O)N/N=C1/CCOc2ccccc21. The van der Waals surface area contributed by atoms with Gasteiger partial charge in [-0.05, 0) is 24.3 Å². The third kappa shape index (κ3) is 3.65. The minimum Gasteiger partial charge on any atom is -0.493 e. The molecule has 0 saturated carbocycles. The molecule has 0 bridgehead atoms. The van der Waals surface area contributed by atoms with Crippen LogP contribution < -0.4 is 19.6 Å². The van der Waals surface area contributed by atoms with Crippen molar-refractivity contribution in [2.24, 2.45) is 5.10 Å². The van der Waals surface area contributed by atoms with E-state index >= 15 is 0 Å². The minimum absolute atomic E-state index is 0.144. The first-order valence-electron chi connectivity index (χ1n) is 7.61. The van der Waals surface area contributed by atoms with Crippen molar-refractivity contribution in [3.63, 3.8) is 0 Å². The normalized spacial score (nSPS) is 14.5. The molecule has 0 radical (unpaired) electrons. The average molecular weight is 326 g/mol. The van der Waals surface area contributed by atoms with Gasteiger partial charge < -0.3 is 14.2 Å². The number of nitrogens with one attached hydrogen (secondary N) is 1. The first-order valence-corrected chi connectivity index (χ1v) is 7.61. The number of ether oxygens (including phenoxy) is 3. The van der Waals surface area contributed by atoms with Gasteiger partial charge in [0.1, 0.15) is 5.75 Å². The van der Waals surface area contributed by atoms with Crippen LogP contribution in [0.2, 0.25) is 0 Å². The number of nitrogens with zero attached hydrogens (tertiary/aromatic N) is 1. The predicted molar refractivity (Wildman–Crippen MR) is 89.7 cm³/mol. The van der Waals surface area contributed by atoms with Crippen LogP contribution in [0.5, 0.6) is 17.2 Å². The molecule has 1 aliphatic rings. The van der Waals surface area contributed by atoms with Crippen molar-refractivity contribution < 1.29 is 19.0 Å². The van der Waals surface area contributed by atoms with Crippen molar-refractivity contribution in [3.05, 3.63) is 54.1 Å². The van der Waals surface area contributed by atoms with Crippen LogP contribution in [0.25, 0.3) is 0 Å². The molecule has 0 aromatic heterocycles. The summed E-state index contributed by atoms with van der Waals surface area (Å²) in [4.78, 5) is 12.0. The quantitative estimate of drug-likeness (QED) is 0.857. The van der Waals surface area contributed by atoms with Gasteiger partial charge in [-0.1, -0.05) is 24.3 Å². The van der Waals surface area contributed by atoms with E-state index in [1.165, 1.54) is 0 Å². The van der Waals surface area contributed by atoms with Crippen LogP contribution >= 0.6 is 0 Å². The number of carbonyl (C=O) groups is 1. The molecule has 24 heavy (non-hydrogen) atoms. The fourth-order valence-electron chi connectivity index (χ4n) is 2.38. The van der Waals surface area contributed by atoms with E-state index in [0.29, 0.717) is 24.5 Å². The van der Waals surface area contributed by atoms with Gasteiger partial charge >= 0.3 is 0 Å². The van der Waals surface area contributed by atoms with Gasteiger partial charge in [-0.25, -0.2) is 5.43 Å². The smallest absolute Gasteiger partial charge is 0.277 e. The van der Waals surface area contributed by atoms with Gasteiger partial charge in [0.25, 0.3) is 5.91 Å². The molecule has 0 atom stereocenters. The number of hydrogen-bond donors (Lipinski definition) is 1. The number of hydrogen-bond acceptors (Lipinski definition) is 5. The number of methoxy groups -OCH3 is 1. The first kappa shape index (κ1) is 15.9. The van der Waals surface area contributed by atoms with Crippen LogP contribution in [0.15, 0.2) is 53.6 Å². The van der Waals surface area contributed by atoms with E-state index in [1.54, 1.807) is 19.2 Å². The lowest BCUT2D eigenvalue weighted by Gasteiger charge is -2.18. The molecule has 1 N–H and O–H groups in total. The number of benzene rings is 2. The number of amides is 1. The highest BCUT2D eigenvalue weighted by molar-refractivity contribution is 6.04. The Balaban J connectivity index is 1.60. The maximum atomic E-state index is 12.0. The fraction of sp³-hybridized carbons (Fsp3) is 0.222. The van der Waals surface area contributed by atoms with Crippen LogP contribution in [-0.2, 0) is 4.79 Å². The molecule has 6 heteroatoms. The molecule has 2 aromatic rings. The van der Waals surface area contributed by atoms with Gasteiger partial charge in [0.05, 0.1) is 19.4 Å². The zero-order valence-corrected chi connectivity index (χ0v) is 13.3. The van der Waals surface area contributed by atoms with Crippen LogP contribution in [0.1, 0.15) is 12.0 Å². The largest absolute Gasteiger partial charge is 0.493 e. The van der Waals surface area contributed by atoms with Crippen molar-refractivity contribution in [3.8, 4) is 17.2 Å². The van der Waals surface area contributed by atoms with E-state index < -0.39 is 0 Å². The van der Waals surface area contributed by atoms with E-state index in [2.05, 4.69) is 10.5 Å². The van der Waals surface area contributed by atoms with Crippen molar-refractivity contribution in [2.45, 2.75) is 6.42 Å². The first-order chi connectivity index (χ1) is 11.8. The summed E-state index contributed by atoms with van der Waals surface area (Å²) in [7, 11) is 1.55. The molecule has 0 unspecified atom stereocenters. The Kier molecular flexibility index (Phi) is 4.96. The molecule has 1 aliphatic heterocycles. The Morgan fingerprint density at radius 1 is 1.17 bits per heavy atom. The second-order valence-electron chi connectivity index (χ2n) is 5.13. The van der Waals surface area contributed by atoms with Gasteiger partial charge in [-0.2, -0.15) is 5.10 Å². The van der Waals surface area contributed by atoms with E-state index in [-0.39, 0.29) is 12.5 Å². The maximum Gasteiger partial charge on any atom is 0.277 e. The van der Waals surface area contributed by atoms with Crippen LogP contribution in [0, 0.1) is 0 Å². The number of rotatable bonds is 5. The number of fused-ring (bicyclic) bond motifs is 1. The molecule has 2 aromatic carbocycles. The summed E-state index contributed by atoms with van der Waals surface area (Å²) in [5.74, 6) is 1.54. The molecule has 1 heterocycles. The highest BCUT2D eigenvalue weighted by Crippen LogP contribution is 2.26. The summed E-state index contributed by atoms with van der Waals surface area (Å²) >= 11 is 0. The fourth-order valence-corrected chi connectivity index (χ4v) is 2.38. The molecule has 3 rings (SSSR count). The Morgan fingerprint density at radius 2 is 1.92 bits per heavy atom. The van der Waals surface area contributed by atoms with Crippen molar-refractivity contribution in [2.75, 3.05) is 20.3 Å². The third-order valence-electron chi connectivity index (χ3n) is 3.54. The maximum absolute atomic E-state index is 12.0. The molecule has 0 saturated heterocycles. The molecule has 6 nitrogen and oxygen atoms in total. The predicted octanol–water partition coefficient (Wildman–Crippen LogP) is 2.38. The van der Waals surface area contributed by atoms with Gasteiger partial charge in [0, 0.05) is 12.0 Å². The average Bonchev–Trinajstić information content (AvgIpc) is 2.64. The summed E-state index contributed by atoms with van der Waals surface area (Å²) in [5.41, 5.74) is 4.22. The molecular weight excluding hydrogens is 308 g/mol. The van der Waals surface area contributed by atoms with E-state index in [0.717, 1.165) is 17.0 Å². The lowest BCUT2D eigenvalue weighted by atomic mass is 10.0. The van der Waals surface area contributed by atoms with Crippen LogP contribution in [-0.4, -0.2) is 31.9 Å². The van der Waals surface area contributed by atoms with Crippen LogP contribution in [0.4, 0.5) is 0 Å². The summed E-state index contributed by atoms with van der Waals surface area (Å²) in [6.07, 6.45) is 0.644. The summed E-state index contributed by atoms with van der Waals surface area (Å²) in [6.45, 7) is 0.402. The lowest BCUT2D eigenvalue weighted by Crippen LogP contribution is -2.27. The van der Waals surface area contributed by atoms with Crippen molar-refractivity contribution >= 4 is 11.6 Å². The van der Waals surface area contributed by atoms with Gasteiger partial charge in [0.2, 0.25) is 0 Å². The van der Waals surface area contributed by atoms with Gasteiger partial charge in [-0.3, -0.25) is 4.79 Å². The zero-order chi connectivity index (χ0) is 16.8. The third-order valence-corrected chi connectivity index (χ3v) is 3.54. The molecule has 0 spiro atoms. The Bertz CT molecular complexity index is 758. The molecule has 1 amide bonds. The second-order valence-corrected chi connectivity index (χ2v) is 5.13. The topological polar surface area (TPSA) is 69.2 Å². The number of carbonyl (C=O) groups excluding carboxylic acids is 1. The standard InChI is InChI=1S/C18H18N2O4/c1-22-16-8-4-5-9-17(16)24-12-18(21)20-19-14-10-11-23-15-7-3-2-6-13(14)15/h2-9H,10-12H2,1H3,(H,20,21)/b19-14-. The summed E-state index contributed by atoms with van der Waals surface area (Å²) < 4.78 is 16.2. The van der Waals surface area contributed by atoms with E-state index in [9.17, 15) is 4.79 Å². The Morgan fingerprint density at radius 3 is 2.75 bits per heavy atom. The molecular formula is C18H18N2O4. The molecule has 0 fully saturated rings. The lowest BCUT2D eigenvalue weighted by molar-refractivity contribution is -0.123. The molecule has 0 aliphatic carbocycles. The summed E-state index contributed by atoms with van der Waals surface area (Å²) in [5, 5.41) is 4.21. The minimum atomic E-state index is -0.336. The van der Waals surface area contributed by atoms with Gasteiger partial charge in [-0.15, -0.1) is 0 Å². The van der Waals surface area contributed by atoms with E-state index in [1.807, 2.05) is 36.4 Å². The molecule has 124 valence electrons.